The molecule has 2 aliphatic rings. The smallest absolute Gasteiger partial charge is 0.350 e. The molecule has 0 saturated carbocycles. The highest BCUT2D eigenvalue weighted by atomic mass is 32.2. The van der Waals surface area contributed by atoms with Gasteiger partial charge in [-0.25, -0.2) is 4.98 Å². The van der Waals surface area contributed by atoms with E-state index in [1.54, 1.807) is 11.8 Å². The summed E-state index contributed by atoms with van der Waals surface area (Å²) in [7, 11) is 0. The van der Waals surface area contributed by atoms with Crippen LogP contribution in [0.5, 0.6) is 0 Å². The van der Waals surface area contributed by atoms with Crippen molar-refractivity contribution >= 4 is 17.6 Å². The molecule has 3 heterocycles. The molecule has 7 heteroatoms. The summed E-state index contributed by atoms with van der Waals surface area (Å²) < 4.78 is 38.2. The molecule has 0 aliphatic carbocycles. The number of aromatic nitrogens is 1. The van der Waals surface area contributed by atoms with Crippen LogP contribution in [0.25, 0.3) is 0 Å². The van der Waals surface area contributed by atoms with E-state index in [4.69, 9.17) is 0 Å². The van der Waals surface area contributed by atoms with E-state index in [9.17, 15) is 13.2 Å². The van der Waals surface area contributed by atoms with Gasteiger partial charge in [-0.3, -0.25) is 0 Å². The molecule has 2 aliphatic heterocycles. The molecular weight excluding hydrogens is 275 g/mol. The van der Waals surface area contributed by atoms with Gasteiger partial charge in [0.1, 0.15) is 5.82 Å². The fourth-order valence-electron chi connectivity index (χ4n) is 2.52. The van der Waals surface area contributed by atoms with E-state index >= 15 is 0 Å². The number of thioether (sulfide) groups is 1. The number of pyridine rings is 1. The van der Waals surface area contributed by atoms with Crippen LogP contribution in [0.15, 0.2) is 12.3 Å². The Morgan fingerprint density at radius 1 is 1.42 bits per heavy atom. The first-order valence-electron chi connectivity index (χ1n) is 6.17. The number of alkyl halides is 3. The summed E-state index contributed by atoms with van der Waals surface area (Å²) in [6.07, 6.45) is -3.37. The van der Waals surface area contributed by atoms with Crippen molar-refractivity contribution in [2.75, 3.05) is 30.3 Å². The van der Waals surface area contributed by atoms with Gasteiger partial charge in [-0.2, -0.15) is 24.9 Å². The first-order valence-corrected chi connectivity index (χ1v) is 7.32. The molecule has 0 bridgehead atoms. The molecule has 3 nitrogen and oxygen atoms in total. The zero-order valence-corrected chi connectivity index (χ0v) is 11.0. The Morgan fingerprint density at radius 2 is 2.26 bits per heavy atom. The molecule has 1 N–H and O–H groups in total. The molecule has 0 amide bonds. The Bertz CT molecular complexity index is 478. The van der Waals surface area contributed by atoms with E-state index in [-0.39, 0.29) is 0 Å². The molecular formula is C12H14F3N3S. The van der Waals surface area contributed by atoms with Gasteiger partial charge in [0, 0.05) is 42.9 Å². The Morgan fingerprint density at radius 3 is 3.05 bits per heavy atom. The first kappa shape index (κ1) is 13.1. The summed E-state index contributed by atoms with van der Waals surface area (Å²) in [5.74, 6) is 2.24. The molecule has 1 aromatic heterocycles. The molecule has 1 fully saturated rings. The highest BCUT2D eigenvalue weighted by molar-refractivity contribution is 7.98. The van der Waals surface area contributed by atoms with E-state index < -0.39 is 11.7 Å². The number of nitrogens with zero attached hydrogens (tertiary/aromatic N) is 2. The van der Waals surface area contributed by atoms with Crippen LogP contribution in [0.3, 0.4) is 0 Å². The first-order chi connectivity index (χ1) is 9.05. The van der Waals surface area contributed by atoms with Gasteiger partial charge < -0.3 is 10.2 Å². The molecule has 0 aromatic carbocycles. The summed E-state index contributed by atoms with van der Waals surface area (Å²) in [5.41, 5.74) is 0.0460. The fourth-order valence-corrected chi connectivity index (χ4v) is 3.64. The van der Waals surface area contributed by atoms with Gasteiger partial charge in [0.05, 0.1) is 11.6 Å². The average Bonchev–Trinajstić information content (AvgIpc) is 2.56. The summed E-state index contributed by atoms with van der Waals surface area (Å²) >= 11 is 1.67. The fraction of sp³-hybridized carbons (Fsp3) is 0.583. The minimum absolute atomic E-state index is 0.323. The van der Waals surface area contributed by atoms with E-state index in [2.05, 4.69) is 15.2 Å². The van der Waals surface area contributed by atoms with Gasteiger partial charge in [0.2, 0.25) is 0 Å². The Balaban J connectivity index is 1.99. The molecule has 19 heavy (non-hydrogen) atoms. The van der Waals surface area contributed by atoms with Crippen molar-refractivity contribution in [1.29, 1.82) is 0 Å². The van der Waals surface area contributed by atoms with Gasteiger partial charge >= 0.3 is 6.18 Å². The number of hydrogen-bond acceptors (Lipinski definition) is 4. The molecule has 0 spiro atoms. The minimum atomic E-state index is -4.32. The monoisotopic (exact) mass is 289 g/mol. The molecule has 1 atom stereocenters. The van der Waals surface area contributed by atoms with Crippen molar-refractivity contribution in [3.63, 3.8) is 0 Å². The van der Waals surface area contributed by atoms with E-state index in [0.717, 1.165) is 37.4 Å². The topological polar surface area (TPSA) is 28.2 Å². The van der Waals surface area contributed by atoms with Gasteiger partial charge in [-0.15, -0.1) is 0 Å². The molecule has 0 unspecified atom stereocenters. The molecule has 104 valence electrons. The number of nitrogens with one attached hydrogen (secondary N) is 1. The second-order valence-electron chi connectivity index (χ2n) is 4.77. The molecule has 1 saturated heterocycles. The van der Waals surface area contributed by atoms with Crippen LogP contribution >= 0.6 is 11.8 Å². The lowest BCUT2D eigenvalue weighted by Crippen LogP contribution is -2.52. The van der Waals surface area contributed by atoms with E-state index in [1.807, 2.05) is 0 Å². The molecule has 3 rings (SSSR count). The number of piperazine rings is 1. The predicted octanol–water partition coefficient (Wildman–Crippen LogP) is 2.13. The largest absolute Gasteiger partial charge is 0.417 e. The lowest BCUT2D eigenvalue weighted by Gasteiger charge is -2.36. The maximum absolute atomic E-state index is 12.7. The summed E-state index contributed by atoms with van der Waals surface area (Å²) in [6, 6.07) is 1.57. The summed E-state index contributed by atoms with van der Waals surface area (Å²) in [6.45, 7) is 2.52. The highest BCUT2D eigenvalue weighted by Crippen LogP contribution is 2.35. The third-order valence-corrected chi connectivity index (χ3v) is 4.60. The van der Waals surface area contributed by atoms with Crippen molar-refractivity contribution in [3.05, 3.63) is 23.4 Å². The van der Waals surface area contributed by atoms with Crippen molar-refractivity contribution in [3.8, 4) is 0 Å². The van der Waals surface area contributed by atoms with Crippen LogP contribution in [0.1, 0.15) is 11.1 Å². The third-order valence-electron chi connectivity index (χ3n) is 3.46. The standard InChI is InChI=1S/C12H14F3N3S/c13-12(14,15)9-3-8-6-19-7-10-5-16-1-2-18(10)11(8)17-4-9/h3-4,10,16H,1-2,5-7H2/t10-/m1/s1. The van der Waals surface area contributed by atoms with Gasteiger partial charge in [-0.1, -0.05) is 0 Å². The number of anilines is 1. The zero-order valence-electron chi connectivity index (χ0n) is 10.2. The van der Waals surface area contributed by atoms with Crippen molar-refractivity contribution < 1.29 is 13.2 Å². The second-order valence-corrected chi connectivity index (χ2v) is 5.80. The quantitative estimate of drug-likeness (QED) is 0.792. The van der Waals surface area contributed by atoms with Crippen LogP contribution < -0.4 is 10.2 Å². The van der Waals surface area contributed by atoms with Gasteiger partial charge in [0.25, 0.3) is 0 Å². The lowest BCUT2D eigenvalue weighted by atomic mass is 10.1. The van der Waals surface area contributed by atoms with E-state index in [0.29, 0.717) is 17.4 Å². The SMILES string of the molecule is FC(F)(F)c1cnc2c(c1)CSC[C@H]1CNCCN21. The molecule has 1 aromatic rings. The van der Waals surface area contributed by atoms with Crippen LogP contribution in [-0.4, -0.2) is 36.4 Å². The molecule has 0 radical (unpaired) electrons. The van der Waals surface area contributed by atoms with Crippen LogP contribution in [0, 0.1) is 0 Å². The highest BCUT2D eigenvalue weighted by Gasteiger charge is 2.34. The van der Waals surface area contributed by atoms with Gasteiger partial charge in [0.15, 0.2) is 0 Å². The van der Waals surface area contributed by atoms with Crippen LogP contribution in [0.4, 0.5) is 19.0 Å². The third kappa shape index (κ3) is 2.53. The number of rotatable bonds is 0. The van der Waals surface area contributed by atoms with Crippen molar-refractivity contribution in [1.82, 2.24) is 10.3 Å². The lowest BCUT2D eigenvalue weighted by molar-refractivity contribution is -0.137. The number of hydrogen-bond donors (Lipinski definition) is 1. The van der Waals surface area contributed by atoms with Gasteiger partial charge in [-0.05, 0) is 6.07 Å². The van der Waals surface area contributed by atoms with Crippen LogP contribution in [-0.2, 0) is 11.9 Å². The summed E-state index contributed by atoms with van der Waals surface area (Å²) in [4.78, 5) is 6.24. The minimum Gasteiger partial charge on any atom is -0.350 e. The number of fused-ring (bicyclic) bond motifs is 3. The maximum atomic E-state index is 12.7. The van der Waals surface area contributed by atoms with Crippen molar-refractivity contribution in [2.45, 2.75) is 18.0 Å². The van der Waals surface area contributed by atoms with Crippen molar-refractivity contribution in [2.24, 2.45) is 0 Å². The zero-order chi connectivity index (χ0) is 13.5. The Labute approximate surface area is 113 Å². The second kappa shape index (κ2) is 4.86. The Kier molecular flexibility index (Phi) is 3.34. The number of halogens is 3. The average molecular weight is 289 g/mol. The predicted molar refractivity (Wildman–Crippen MR) is 69.4 cm³/mol. The Hall–Kier alpha value is -0.950. The summed E-state index contributed by atoms with van der Waals surface area (Å²) in [5, 5.41) is 3.32. The van der Waals surface area contributed by atoms with Crippen LogP contribution in [0.2, 0.25) is 0 Å². The maximum Gasteiger partial charge on any atom is 0.417 e. The van der Waals surface area contributed by atoms with E-state index in [1.165, 1.54) is 6.07 Å². The normalized spacial score (nSPS) is 23.5.